The zero-order valence-corrected chi connectivity index (χ0v) is 20.1. The van der Waals surface area contributed by atoms with Crippen molar-refractivity contribution in [3.63, 3.8) is 0 Å². The van der Waals surface area contributed by atoms with E-state index < -0.39 is 16.1 Å². The average Bonchev–Trinajstić information content (AvgIpc) is 3.18. The molecule has 174 valence electrons. The van der Waals surface area contributed by atoms with E-state index in [0.29, 0.717) is 31.0 Å². The number of rotatable bonds is 7. The first kappa shape index (κ1) is 23.5. The zero-order chi connectivity index (χ0) is 23.8. The highest BCUT2D eigenvalue weighted by Crippen LogP contribution is 2.30. The molecule has 1 aromatic heterocycles. The van der Waals surface area contributed by atoms with Crippen molar-refractivity contribution in [1.29, 1.82) is 0 Å². The Bertz CT molecular complexity index is 1330. The third-order valence-electron chi connectivity index (χ3n) is 5.16. The van der Waals surface area contributed by atoms with E-state index in [2.05, 4.69) is 20.2 Å². The van der Waals surface area contributed by atoms with Gasteiger partial charge >= 0.3 is 6.01 Å². The largest absolute Gasteiger partial charge is 0.424 e. The summed E-state index contributed by atoms with van der Waals surface area (Å²) in [5.41, 5.74) is 1.74. The highest BCUT2D eigenvalue weighted by atomic mass is 35.5. The lowest BCUT2D eigenvalue weighted by molar-refractivity contribution is -0.116. The van der Waals surface area contributed by atoms with Crippen LogP contribution in [0.25, 0.3) is 0 Å². The van der Waals surface area contributed by atoms with Crippen molar-refractivity contribution < 1.29 is 17.9 Å². The molecular weight excluding hydrogens is 489 g/mol. The molecule has 12 heteroatoms. The third kappa shape index (κ3) is 4.98. The number of halogens is 2. The van der Waals surface area contributed by atoms with Crippen LogP contribution in [0.5, 0.6) is 11.8 Å². The number of benzene rings is 2. The number of nitrogens with zero attached hydrogens (tertiary/aromatic N) is 3. The quantitative estimate of drug-likeness (QED) is 0.489. The summed E-state index contributed by atoms with van der Waals surface area (Å²) in [7, 11) is -3.89. The van der Waals surface area contributed by atoms with Crippen LogP contribution in [0.4, 0.5) is 5.69 Å². The fraction of sp³-hybridized carbons (Fsp3) is 0.286. The maximum atomic E-state index is 12.8. The predicted octanol–water partition coefficient (Wildman–Crippen LogP) is 4.32. The summed E-state index contributed by atoms with van der Waals surface area (Å²) >= 11 is 11.9. The highest BCUT2D eigenvalue weighted by Gasteiger charge is 2.25. The molecule has 0 saturated heterocycles. The van der Waals surface area contributed by atoms with Gasteiger partial charge in [0.15, 0.2) is 5.82 Å². The van der Waals surface area contributed by atoms with Crippen LogP contribution >= 0.6 is 23.2 Å². The number of nitrogens with one attached hydrogen (secondary N) is 2. The fourth-order valence-electron chi connectivity index (χ4n) is 3.52. The van der Waals surface area contributed by atoms with E-state index in [1.165, 1.54) is 18.2 Å². The number of amides is 1. The van der Waals surface area contributed by atoms with Gasteiger partial charge in [0.1, 0.15) is 5.75 Å². The second-order valence-electron chi connectivity index (χ2n) is 7.47. The van der Waals surface area contributed by atoms with Gasteiger partial charge in [-0.05, 0) is 62.2 Å². The number of anilines is 1. The Kier molecular flexibility index (Phi) is 6.62. The Labute approximate surface area is 201 Å². The molecule has 0 saturated carbocycles. The molecule has 0 radical (unpaired) electrons. The highest BCUT2D eigenvalue weighted by molar-refractivity contribution is 7.89. The minimum Gasteiger partial charge on any atom is -0.424 e. The number of carbonyl (C=O) groups excluding carboxylic acids is 1. The molecule has 0 unspecified atom stereocenters. The van der Waals surface area contributed by atoms with E-state index in [1.807, 2.05) is 13.0 Å². The molecule has 33 heavy (non-hydrogen) atoms. The van der Waals surface area contributed by atoms with E-state index in [4.69, 9.17) is 27.9 Å². The Morgan fingerprint density at radius 3 is 2.67 bits per heavy atom. The second-order valence-corrected chi connectivity index (χ2v) is 10.0. The van der Waals surface area contributed by atoms with E-state index in [9.17, 15) is 13.2 Å². The topological polar surface area (TPSA) is 115 Å². The van der Waals surface area contributed by atoms with E-state index in [-0.39, 0.29) is 26.9 Å². The number of sulfonamides is 1. The molecule has 0 spiro atoms. The van der Waals surface area contributed by atoms with Gasteiger partial charge in [-0.25, -0.2) is 13.1 Å². The summed E-state index contributed by atoms with van der Waals surface area (Å²) in [6.07, 6.45) is 1.04. The molecule has 2 aromatic carbocycles. The lowest BCUT2D eigenvalue weighted by atomic mass is 10.0. The van der Waals surface area contributed by atoms with Crippen LogP contribution in [0.1, 0.15) is 37.7 Å². The number of hydrogen-bond donors (Lipinski definition) is 2. The van der Waals surface area contributed by atoms with Crippen molar-refractivity contribution in [3.8, 4) is 11.8 Å². The summed E-state index contributed by atoms with van der Waals surface area (Å²) < 4.78 is 35.8. The minimum absolute atomic E-state index is 0.0102. The van der Waals surface area contributed by atoms with Crippen molar-refractivity contribution >= 4 is 44.8 Å². The minimum atomic E-state index is -3.89. The van der Waals surface area contributed by atoms with Gasteiger partial charge in [0.2, 0.25) is 15.9 Å². The molecule has 0 fully saturated rings. The number of hydrogen-bond acceptors (Lipinski definition) is 6. The maximum absolute atomic E-state index is 12.8. The Morgan fingerprint density at radius 2 is 1.94 bits per heavy atom. The number of fused-ring (bicyclic) bond motifs is 1. The summed E-state index contributed by atoms with van der Waals surface area (Å²) in [5.74, 6) is 0.924. The average molecular weight is 510 g/mol. The van der Waals surface area contributed by atoms with Crippen molar-refractivity contribution in [2.75, 3.05) is 5.32 Å². The Morgan fingerprint density at radius 1 is 1.15 bits per heavy atom. The number of aromatic nitrogens is 3. The standard InChI is InChI=1S/C21H21Cl2N5O4S/c1-3-28-20(12(2)27-33(30,31)15-6-7-16(22)17(23)11-15)25-26-21(28)32-14-5-8-18-13(10-14)4-9-19(29)24-18/h5-8,10-12,27H,3-4,9H2,1-2H3,(H,24,29)/t12-/m1/s1. The first-order valence-corrected chi connectivity index (χ1v) is 12.4. The van der Waals surface area contributed by atoms with E-state index in [1.54, 1.807) is 23.6 Å². The smallest absolute Gasteiger partial charge is 0.322 e. The fourth-order valence-corrected chi connectivity index (χ4v) is 5.11. The van der Waals surface area contributed by atoms with Crippen LogP contribution in [-0.4, -0.2) is 29.1 Å². The second kappa shape index (κ2) is 9.30. The summed E-state index contributed by atoms with van der Waals surface area (Å²) in [5, 5.41) is 11.5. The molecule has 0 aliphatic carbocycles. The number of aryl methyl sites for hydroxylation is 1. The summed E-state index contributed by atoms with van der Waals surface area (Å²) in [6.45, 7) is 4.00. The molecule has 4 rings (SSSR count). The number of ether oxygens (including phenoxy) is 1. The molecular formula is C21H21Cl2N5O4S. The van der Waals surface area contributed by atoms with E-state index in [0.717, 1.165) is 11.3 Å². The monoisotopic (exact) mass is 509 g/mol. The molecule has 0 bridgehead atoms. The van der Waals surface area contributed by atoms with Crippen LogP contribution < -0.4 is 14.8 Å². The van der Waals surface area contributed by atoms with Crippen molar-refractivity contribution in [2.24, 2.45) is 0 Å². The van der Waals surface area contributed by atoms with Gasteiger partial charge < -0.3 is 10.1 Å². The van der Waals surface area contributed by atoms with E-state index >= 15 is 0 Å². The predicted molar refractivity (Wildman–Crippen MR) is 124 cm³/mol. The van der Waals surface area contributed by atoms with Crippen LogP contribution in [0, 0.1) is 0 Å². The van der Waals surface area contributed by atoms with Crippen molar-refractivity contribution in [3.05, 3.63) is 57.8 Å². The summed E-state index contributed by atoms with van der Waals surface area (Å²) in [6, 6.07) is 8.98. The molecule has 1 aliphatic heterocycles. The van der Waals surface area contributed by atoms with Gasteiger partial charge in [0.25, 0.3) is 0 Å². The first-order valence-electron chi connectivity index (χ1n) is 10.2. The van der Waals surface area contributed by atoms with Gasteiger partial charge in [-0.3, -0.25) is 9.36 Å². The van der Waals surface area contributed by atoms with Gasteiger partial charge in [-0.2, -0.15) is 0 Å². The molecule has 1 atom stereocenters. The van der Waals surface area contributed by atoms with Gasteiger partial charge in [0.05, 0.1) is 21.0 Å². The third-order valence-corrected chi connectivity index (χ3v) is 7.44. The molecule has 2 N–H and O–H groups in total. The van der Waals surface area contributed by atoms with Crippen LogP contribution in [0.3, 0.4) is 0 Å². The summed E-state index contributed by atoms with van der Waals surface area (Å²) in [4.78, 5) is 11.5. The zero-order valence-electron chi connectivity index (χ0n) is 17.8. The Balaban J connectivity index is 1.54. The lowest BCUT2D eigenvalue weighted by Crippen LogP contribution is -2.29. The lowest BCUT2D eigenvalue weighted by Gasteiger charge is -2.18. The molecule has 1 amide bonds. The normalized spacial score (nSPS) is 14.5. The van der Waals surface area contributed by atoms with Crippen LogP contribution in [0.2, 0.25) is 10.0 Å². The van der Waals surface area contributed by atoms with Gasteiger partial charge in [0, 0.05) is 18.7 Å². The SMILES string of the molecule is CCn1c(Oc2ccc3c(c2)CCC(=O)N3)nnc1[C@@H](C)NS(=O)(=O)c1ccc(Cl)c(Cl)c1. The van der Waals surface area contributed by atoms with Crippen LogP contribution in [-0.2, 0) is 27.8 Å². The van der Waals surface area contributed by atoms with Gasteiger partial charge in [-0.15, -0.1) is 5.10 Å². The first-order chi connectivity index (χ1) is 15.7. The van der Waals surface area contributed by atoms with Gasteiger partial charge in [-0.1, -0.05) is 28.3 Å². The van der Waals surface area contributed by atoms with Crippen LogP contribution in [0.15, 0.2) is 41.3 Å². The molecule has 2 heterocycles. The van der Waals surface area contributed by atoms with Crippen molar-refractivity contribution in [2.45, 2.75) is 44.2 Å². The van der Waals surface area contributed by atoms with Crippen molar-refractivity contribution in [1.82, 2.24) is 19.5 Å². The molecule has 1 aliphatic rings. The molecule has 9 nitrogen and oxygen atoms in total. The maximum Gasteiger partial charge on any atom is 0.322 e. The molecule has 3 aromatic rings. The Hall–Kier alpha value is -2.66. The number of carbonyl (C=O) groups is 1.